The van der Waals surface area contributed by atoms with E-state index in [0.717, 1.165) is 43.4 Å². The number of likely N-dealkylation sites (tertiary alicyclic amines) is 1. The van der Waals surface area contributed by atoms with Crippen LogP contribution in [-0.4, -0.2) is 75.4 Å². The number of hydrogen-bond donors (Lipinski definition) is 3. The van der Waals surface area contributed by atoms with Gasteiger partial charge in [0.2, 0.25) is 11.8 Å². The largest absolute Gasteiger partial charge is 0.457 e. The van der Waals surface area contributed by atoms with Crippen LogP contribution >= 0.6 is 0 Å². The van der Waals surface area contributed by atoms with Gasteiger partial charge in [0.25, 0.3) is 5.91 Å². The first kappa shape index (κ1) is 31.7. The SMILES string of the molecule is CNC(=O)c1ccc(Oc2ccc(CN3CCC4(CC3)C(=O)NC(C(O)C3CCCCC3)C(=O)N4Cc3ccccn3)cc2)cc1. The van der Waals surface area contributed by atoms with E-state index in [1.54, 1.807) is 42.4 Å². The van der Waals surface area contributed by atoms with Gasteiger partial charge in [-0.25, -0.2) is 0 Å². The molecule has 1 aliphatic carbocycles. The fourth-order valence-electron chi connectivity index (χ4n) is 7.15. The maximum absolute atomic E-state index is 14.1. The molecule has 0 bridgehead atoms. The van der Waals surface area contributed by atoms with Crippen molar-refractivity contribution in [2.75, 3.05) is 20.1 Å². The average molecular weight is 626 g/mol. The van der Waals surface area contributed by atoms with E-state index in [1.165, 1.54) is 0 Å². The number of piperazine rings is 1. The van der Waals surface area contributed by atoms with E-state index >= 15 is 0 Å². The highest BCUT2D eigenvalue weighted by molar-refractivity contribution is 6.00. The topological polar surface area (TPSA) is 124 Å². The van der Waals surface area contributed by atoms with Gasteiger partial charge in [0.05, 0.1) is 18.3 Å². The third kappa shape index (κ3) is 6.78. The highest BCUT2D eigenvalue weighted by atomic mass is 16.5. The monoisotopic (exact) mass is 625 g/mol. The summed E-state index contributed by atoms with van der Waals surface area (Å²) in [4.78, 5) is 48.3. The van der Waals surface area contributed by atoms with E-state index in [0.29, 0.717) is 49.5 Å². The summed E-state index contributed by atoms with van der Waals surface area (Å²) < 4.78 is 5.96. The molecule has 3 aromatic rings. The van der Waals surface area contributed by atoms with Crippen molar-refractivity contribution in [1.29, 1.82) is 0 Å². The van der Waals surface area contributed by atoms with Gasteiger partial charge in [-0.15, -0.1) is 0 Å². The number of pyridine rings is 1. The molecule has 3 N–H and O–H groups in total. The normalized spacial score (nSPS) is 21.1. The molecule has 10 nitrogen and oxygen atoms in total. The molecule has 242 valence electrons. The fraction of sp³-hybridized carbons (Fsp3) is 0.444. The third-order valence-corrected chi connectivity index (χ3v) is 9.87. The van der Waals surface area contributed by atoms with Crippen molar-refractivity contribution in [3.05, 3.63) is 89.7 Å². The first-order valence-corrected chi connectivity index (χ1v) is 16.4. The molecule has 2 atom stereocenters. The quantitative estimate of drug-likeness (QED) is 0.328. The van der Waals surface area contributed by atoms with Crippen molar-refractivity contribution in [1.82, 2.24) is 25.4 Å². The van der Waals surface area contributed by atoms with Crippen LogP contribution in [0.15, 0.2) is 72.9 Å². The molecule has 2 aromatic carbocycles. The number of aromatic nitrogens is 1. The molecule has 46 heavy (non-hydrogen) atoms. The van der Waals surface area contributed by atoms with Crippen molar-refractivity contribution in [3.8, 4) is 11.5 Å². The second kappa shape index (κ2) is 14.0. The smallest absolute Gasteiger partial charge is 0.251 e. The van der Waals surface area contributed by atoms with Gasteiger partial charge in [-0.05, 0) is 85.7 Å². The number of aliphatic hydroxyl groups is 1. The lowest BCUT2D eigenvalue weighted by atomic mass is 9.78. The van der Waals surface area contributed by atoms with Gasteiger partial charge in [0, 0.05) is 38.4 Å². The van der Waals surface area contributed by atoms with Gasteiger partial charge in [-0.1, -0.05) is 37.5 Å². The number of benzene rings is 2. The number of carbonyl (C=O) groups excluding carboxylic acids is 3. The summed E-state index contributed by atoms with van der Waals surface area (Å²) >= 11 is 0. The Hall–Kier alpha value is -4.28. The summed E-state index contributed by atoms with van der Waals surface area (Å²) in [7, 11) is 1.60. The van der Waals surface area contributed by atoms with Crippen LogP contribution in [0.1, 0.15) is 66.6 Å². The maximum Gasteiger partial charge on any atom is 0.251 e. The minimum absolute atomic E-state index is 0.0157. The first-order chi connectivity index (χ1) is 22.4. The Labute approximate surface area is 270 Å². The molecule has 2 saturated heterocycles. The summed E-state index contributed by atoms with van der Waals surface area (Å²) in [5, 5.41) is 16.9. The summed E-state index contributed by atoms with van der Waals surface area (Å²) in [6.07, 6.45) is 6.78. The molecule has 1 saturated carbocycles. The molecule has 3 amide bonds. The number of amides is 3. The molecule has 10 heteroatoms. The number of piperidine rings is 1. The Morgan fingerprint density at radius 2 is 1.65 bits per heavy atom. The van der Waals surface area contributed by atoms with Crippen LogP contribution in [0.4, 0.5) is 0 Å². The highest BCUT2D eigenvalue weighted by Gasteiger charge is 2.55. The van der Waals surface area contributed by atoms with E-state index in [-0.39, 0.29) is 30.2 Å². The highest BCUT2D eigenvalue weighted by Crippen LogP contribution is 2.37. The summed E-state index contributed by atoms with van der Waals surface area (Å²) in [6, 6.07) is 19.6. The molecule has 2 aliphatic heterocycles. The minimum atomic E-state index is -0.987. The number of carbonyl (C=O) groups is 3. The lowest BCUT2D eigenvalue weighted by Gasteiger charge is -2.52. The second-order valence-electron chi connectivity index (χ2n) is 12.7. The van der Waals surface area contributed by atoms with Gasteiger partial charge >= 0.3 is 0 Å². The lowest BCUT2D eigenvalue weighted by Crippen LogP contribution is -2.74. The number of nitrogens with one attached hydrogen (secondary N) is 2. The maximum atomic E-state index is 14.1. The predicted octanol–water partition coefficient (Wildman–Crippen LogP) is 4.04. The molecule has 1 spiro atoms. The van der Waals surface area contributed by atoms with Crippen LogP contribution in [0.3, 0.4) is 0 Å². The minimum Gasteiger partial charge on any atom is -0.457 e. The van der Waals surface area contributed by atoms with Crippen LogP contribution < -0.4 is 15.4 Å². The predicted molar refractivity (Wildman–Crippen MR) is 173 cm³/mol. The number of hydrogen-bond acceptors (Lipinski definition) is 7. The Kier molecular flexibility index (Phi) is 9.65. The van der Waals surface area contributed by atoms with Crippen LogP contribution in [0, 0.1) is 5.92 Å². The summed E-state index contributed by atoms with van der Waals surface area (Å²) in [6.45, 7) is 2.23. The number of rotatable bonds is 9. The van der Waals surface area contributed by atoms with Gasteiger partial charge in [0.1, 0.15) is 23.1 Å². The van der Waals surface area contributed by atoms with Gasteiger partial charge in [-0.2, -0.15) is 0 Å². The van der Waals surface area contributed by atoms with Crippen molar-refractivity contribution in [3.63, 3.8) is 0 Å². The average Bonchev–Trinajstić information content (AvgIpc) is 3.10. The summed E-state index contributed by atoms with van der Waals surface area (Å²) in [5.74, 6) is 0.825. The number of ether oxygens (including phenoxy) is 1. The lowest BCUT2D eigenvalue weighted by molar-refractivity contribution is -0.167. The molecule has 6 rings (SSSR count). The van der Waals surface area contributed by atoms with Gasteiger partial charge in [-0.3, -0.25) is 24.3 Å². The van der Waals surface area contributed by atoms with Crippen LogP contribution in [0.5, 0.6) is 11.5 Å². The van der Waals surface area contributed by atoms with Gasteiger partial charge in [0.15, 0.2) is 0 Å². The zero-order valence-corrected chi connectivity index (χ0v) is 26.4. The molecule has 3 aliphatic rings. The zero-order valence-electron chi connectivity index (χ0n) is 26.4. The number of nitrogens with zero attached hydrogens (tertiary/aromatic N) is 3. The van der Waals surface area contributed by atoms with E-state index in [2.05, 4.69) is 20.5 Å². The molecule has 2 unspecified atom stereocenters. The Bertz CT molecular complexity index is 1500. The van der Waals surface area contributed by atoms with E-state index in [4.69, 9.17) is 4.74 Å². The van der Waals surface area contributed by atoms with Crippen molar-refractivity contribution < 1.29 is 24.2 Å². The van der Waals surface area contributed by atoms with Crippen LogP contribution in [0.2, 0.25) is 0 Å². The Balaban J connectivity index is 1.11. The molecule has 3 fully saturated rings. The van der Waals surface area contributed by atoms with Crippen molar-refractivity contribution in [2.45, 2.75) is 75.7 Å². The third-order valence-electron chi connectivity index (χ3n) is 9.87. The molecule has 1 aromatic heterocycles. The van der Waals surface area contributed by atoms with Crippen LogP contribution in [0.25, 0.3) is 0 Å². The van der Waals surface area contributed by atoms with Crippen molar-refractivity contribution in [2.24, 2.45) is 5.92 Å². The van der Waals surface area contributed by atoms with Gasteiger partial charge < -0.3 is 25.4 Å². The van der Waals surface area contributed by atoms with E-state index in [1.807, 2.05) is 42.5 Å². The van der Waals surface area contributed by atoms with Crippen LogP contribution in [-0.2, 0) is 22.7 Å². The standard InChI is InChI=1S/C36H43N5O5/c1-37-33(43)27-12-16-30(17-13-27)46-29-14-10-25(11-15-29)23-40-21-18-36(19-22-40)35(45)39-31(32(42)26-7-3-2-4-8-26)34(44)41(36)24-28-9-5-6-20-38-28/h5-6,9-17,20,26,31-32,42H,2-4,7-8,18-19,21-24H2,1H3,(H,37,43)(H,39,45). The van der Waals surface area contributed by atoms with E-state index in [9.17, 15) is 19.5 Å². The molecular weight excluding hydrogens is 582 g/mol. The second-order valence-corrected chi connectivity index (χ2v) is 12.7. The Morgan fingerprint density at radius 3 is 2.28 bits per heavy atom. The molecule has 3 heterocycles. The molecule has 0 radical (unpaired) electrons. The summed E-state index contributed by atoms with van der Waals surface area (Å²) in [5.41, 5.74) is 1.42. The number of aliphatic hydroxyl groups excluding tert-OH is 1. The molecular formula is C36H43N5O5. The Morgan fingerprint density at radius 1 is 0.978 bits per heavy atom. The van der Waals surface area contributed by atoms with Crippen molar-refractivity contribution >= 4 is 17.7 Å². The zero-order chi connectivity index (χ0) is 32.1. The fourth-order valence-corrected chi connectivity index (χ4v) is 7.15. The van der Waals surface area contributed by atoms with E-state index < -0.39 is 17.7 Å². The first-order valence-electron chi connectivity index (χ1n) is 16.4.